The zero-order valence-corrected chi connectivity index (χ0v) is 15.0. The Hall–Kier alpha value is -3.26. The molecule has 138 valence electrons. The van der Waals surface area contributed by atoms with Gasteiger partial charge >= 0.3 is 5.97 Å². The molecule has 1 aliphatic rings. The average Bonchev–Trinajstić information content (AvgIpc) is 2.91. The molecule has 7 nitrogen and oxygen atoms in total. The fourth-order valence-corrected chi connectivity index (χ4v) is 3.35. The van der Waals surface area contributed by atoms with Crippen molar-refractivity contribution in [3.63, 3.8) is 0 Å². The van der Waals surface area contributed by atoms with Crippen LogP contribution < -0.4 is 9.64 Å². The lowest BCUT2D eigenvalue weighted by molar-refractivity contribution is -0.113. The minimum atomic E-state index is -1.15. The number of imide groups is 1. The van der Waals surface area contributed by atoms with Crippen molar-refractivity contribution in [3.05, 3.63) is 58.5 Å². The van der Waals surface area contributed by atoms with Gasteiger partial charge in [-0.1, -0.05) is 12.1 Å². The first kappa shape index (κ1) is 18.5. The molecular weight excluding hydrogens is 370 g/mol. The Labute approximate surface area is 158 Å². The van der Waals surface area contributed by atoms with Crippen LogP contribution >= 0.6 is 11.8 Å². The standard InChI is InChI=1S/C19H15NO6S/c1-2-26-15-8-11(6-7-14(15)21)9-16-17(22)20(19(25)27-16)13-5-3-4-12(10-13)18(23)24/h3-10,21H,2H2,1H3,(H,23,24). The SMILES string of the molecule is CCOc1cc(C=C2SC(=O)N(c3cccc(C(=O)O)c3)C2=O)ccc1O. The Kier molecular flexibility index (Phi) is 5.18. The van der Waals surface area contributed by atoms with Crippen LogP contribution in [0.1, 0.15) is 22.8 Å². The number of aromatic carboxylic acids is 1. The summed E-state index contributed by atoms with van der Waals surface area (Å²) in [7, 11) is 0. The van der Waals surface area contributed by atoms with E-state index in [4.69, 9.17) is 9.84 Å². The zero-order valence-electron chi connectivity index (χ0n) is 14.2. The smallest absolute Gasteiger partial charge is 0.335 e. The summed E-state index contributed by atoms with van der Waals surface area (Å²) in [6.45, 7) is 2.15. The van der Waals surface area contributed by atoms with Gasteiger partial charge in [-0.15, -0.1) is 0 Å². The Morgan fingerprint density at radius 2 is 2.00 bits per heavy atom. The van der Waals surface area contributed by atoms with Crippen molar-refractivity contribution in [1.82, 2.24) is 0 Å². The molecule has 0 bridgehead atoms. The third kappa shape index (κ3) is 3.80. The number of phenols is 1. The van der Waals surface area contributed by atoms with E-state index < -0.39 is 17.1 Å². The molecule has 2 aromatic rings. The fourth-order valence-electron chi connectivity index (χ4n) is 2.51. The highest BCUT2D eigenvalue weighted by molar-refractivity contribution is 8.19. The lowest BCUT2D eigenvalue weighted by Crippen LogP contribution is -2.27. The monoisotopic (exact) mass is 385 g/mol. The van der Waals surface area contributed by atoms with Crippen LogP contribution in [0.3, 0.4) is 0 Å². The quantitative estimate of drug-likeness (QED) is 0.756. The van der Waals surface area contributed by atoms with Crippen LogP contribution in [0.5, 0.6) is 11.5 Å². The number of carbonyl (C=O) groups excluding carboxylic acids is 2. The molecule has 2 N–H and O–H groups in total. The van der Waals surface area contributed by atoms with Gasteiger partial charge < -0.3 is 14.9 Å². The van der Waals surface area contributed by atoms with E-state index in [0.29, 0.717) is 12.2 Å². The first-order chi connectivity index (χ1) is 12.9. The molecule has 1 heterocycles. The number of rotatable bonds is 5. The molecule has 0 unspecified atom stereocenters. The summed E-state index contributed by atoms with van der Waals surface area (Å²) >= 11 is 0.757. The van der Waals surface area contributed by atoms with E-state index in [-0.39, 0.29) is 27.7 Å². The largest absolute Gasteiger partial charge is 0.504 e. The number of aromatic hydroxyl groups is 1. The number of carboxylic acids is 1. The Bertz CT molecular complexity index is 968. The summed E-state index contributed by atoms with van der Waals surface area (Å²) in [5, 5.41) is 18.3. The maximum absolute atomic E-state index is 12.7. The molecule has 1 aliphatic heterocycles. The maximum Gasteiger partial charge on any atom is 0.335 e. The van der Waals surface area contributed by atoms with Crippen molar-refractivity contribution in [2.45, 2.75) is 6.92 Å². The number of carbonyl (C=O) groups is 3. The molecule has 0 saturated carbocycles. The summed E-state index contributed by atoms with van der Waals surface area (Å²) in [5.41, 5.74) is 0.762. The third-order valence-corrected chi connectivity index (χ3v) is 4.60. The zero-order chi connectivity index (χ0) is 19.6. The van der Waals surface area contributed by atoms with Gasteiger partial charge in [-0.2, -0.15) is 0 Å². The van der Waals surface area contributed by atoms with E-state index in [1.807, 2.05) is 0 Å². The number of hydrogen-bond acceptors (Lipinski definition) is 6. The van der Waals surface area contributed by atoms with Crippen LogP contribution in [0.4, 0.5) is 10.5 Å². The summed E-state index contributed by atoms with van der Waals surface area (Å²) in [4.78, 5) is 37.2. The van der Waals surface area contributed by atoms with Crippen LogP contribution in [0.15, 0.2) is 47.4 Å². The van der Waals surface area contributed by atoms with E-state index in [1.54, 1.807) is 19.1 Å². The van der Waals surface area contributed by atoms with Gasteiger partial charge in [0.15, 0.2) is 11.5 Å². The molecule has 0 aliphatic carbocycles. The van der Waals surface area contributed by atoms with Gasteiger partial charge in [0.2, 0.25) is 0 Å². The van der Waals surface area contributed by atoms with E-state index in [1.165, 1.54) is 36.4 Å². The summed E-state index contributed by atoms with van der Waals surface area (Å²) in [6.07, 6.45) is 1.52. The lowest BCUT2D eigenvalue weighted by atomic mass is 10.1. The number of anilines is 1. The van der Waals surface area contributed by atoms with Crippen molar-refractivity contribution in [2.24, 2.45) is 0 Å². The number of benzene rings is 2. The Balaban J connectivity index is 1.92. The van der Waals surface area contributed by atoms with Gasteiger partial charge in [-0.3, -0.25) is 9.59 Å². The van der Waals surface area contributed by atoms with Crippen LogP contribution in [-0.4, -0.2) is 33.9 Å². The van der Waals surface area contributed by atoms with Gasteiger partial charge in [0, 0.05) is 0 Å². The van der Waals surface area contributed by atoms with Crippen molar-refractivity contribution >= 4 is 40.6 Å². The molecule has 8 heteroatoms. The maximum atomic E-state index is 12.7. The number of ether oxygens (including phenoxy) is 1. The summed E-state index contributed by atoms with van der Waals surface area (Å²) in [6, 6.07) is 10.2. The highest BCUT2D eigenvalue weighted by Crippen LogP contribution is 2.37. The highest BCUT2D eigenvalue weighted by Gasteiger charge is 2.36. The number of amides is 2. The molecule has 2 aromatic carbocycles. The predicted octanol–water partition coefficient (Wildman–Crippen LogP) is 3.73. The van der Waals surface area contributed by atoms with E-state index in [2.05, 4.69) is 0 Å². The van der Waals surface area contributed by atoms with E-state index >= 15 is 0 Å². The number of phenolic OH excluding ortho intramolecular Hbond substituents is 1. The van der Waals surface area contributed by atoms with Gasteiger partial charge in [-0.05, 0) is 60.7 Å². The second kappa shape index (κ2) is 7.55. The Morgan fingerprint density at radius 1 is 1.22 bits per heavy atom. The topological polar surface area (TPSA) is 104 Å². The number of nitrogens with zero attached hydrogens (tertiary/aromatic N) is 1. The van der Waals surface area contributed by atoms with Gasteiger partial charge in [0.1, 0.15) is 0 Å². The van der Waals surface area contributed by atoms with Crippen LogP contribution in [0.25, 0.3) is 6.08 Å². The molecule has 1 saturated heterocycles. The van der Waals surface area contributed by atoms with Crippen molar-refractivity contribution in [2.75, 3.05) is 11.5 Å². The molecule has 0 radical (unpaired) electrons. The summed E-state index contributed by atoms with van der Waals surface area (Å²) in [5.74, 6) is -1.43. The normalized spacial score (nSPS) is 15.4. The number of hydrogen-bond donors (Lipinski definition) is 2. The minimum absolute atomic E-state index is 0.0181. The first-order valence-corrected chi connectivity index (χ1v) is 8.79. The molecule has 3 rings (SSSR count). The second-order valence-corrected chi connectivity index (χ2v) is 6.53. The van der Waals surface area contributed by atoms with Crippen molar-refractivity contribution in [1.29, 1.82) is 0 Å². The molecule has 2 amide bonds. The number of carboxylic acid groups (broad SMARTS) is 1. The van der Waals surface area contributed by atoms with Gasteiger partial charge in [-0.25, -0.2) is 9.69 Å². The van der Waals surface area contributed by atoms with E-state index in [0.717, 1.165) is 16.7 Å². The molecule has 0 spiro atoms. The molecule has 0 atom stereocenters. The van der Waals surface area contributed by atoms with Gasteiger partial charge in [0.25, 0.3) is 11.1 Å². The minimum Gasteiger partial charge on any atom is -0.504 e. The number of thioether (sulfide) groups is 1. The van der Waals surface area contributed by atoms with Gasteiger partial charge in [0.05, 0.1) is 22.8 Å². The average molecular weight is 385 g/mol. The predicted molar refractivity (Wildman–Crippen MR) is 101 cm³/mol. The van der Waals surface area contributed by atoms with Crippen molar-refractivity contribution < 1.29 is 29.3 Å². The van der Waals surface area contributed by atoms with Crippen LogP contribution in [0, 0.1) is 0 Å². The lowest BCUT2D eigenvalue weighted by Gasteiger charge is -2.12. The first-order valence-electron chi connectivity index (χ1n) is 7.98. The van der Waals surface area contributed by atoms with Crippen LogP contribution in [-0.2, 0) is 4.79 Å². The highest BCUT2D eigenvalue weighted by atomic mass is 32.2. The fraction of sp³-hybridized carbons (Fsp3) is 0.105. The van der Waals surface area contributed by atoms with Crippen molar-refractivity contribution in [3.8, 4) is 11.5 Å². The molecule has 27 heavy (non-hydrogen) atoms. The third-order valence-electron chi connectivity index (χ3n) is 3.73. The summed E-state index contributed by atoms with van der Waals surface area (Å²) < 4.78 is 5.31. The molecule has 0 aromatic heterocycles. The van der Waals surface area contributed by atoms with E-state index in [9.17, 15) is 19.5 Å². The second-order valence-electron chi connectivity index (χ2n) is 5.53. The Morgan fingerprint density at radius 3 is 2.70 bits per heavy atom. The molecule has 1 fully saturated rings. The van der Waals surface area contributed by atoms with Crippen LogP contribution in [0.2, 0.25) is 0 Å². The molecular formula is C19H15NO6S.